The molecule has 4 rings (SSSR count). The third-order valence-electron chi connectivity index (χ3n) is 6.00. The Morgan fingerprint density at radius 3 is 2.10 bits per heavy atom. The smallest absolute Gasteiger partial charge is 0.305 e. The fourth-order valence-corrected chi connectivity index (χ4v) is 5.32. The Bertz CT molecular complexity index is 983. The number of aromatic hydroxyl groups is 1. The maximum atomic E-state index is 13.1. The lowest BCUT2D eigenvalue weighted by Gasteiger charge is -2.44. The highest BCUT2D eigenvalue weighted by Gasteiger charge is 2.44. The lowest BCUT2D eigenvalue weighted by molar-refractivity contribution is -0.137. The molecule has 0 atom stereocenters. The number of allylic oxidation sites excluding steroid dienone is 4. The van der Waals surface area contributed by atoms with Gasteiger partial charge in [-0.2, -0.15) is 0 Å². The van der Waals surface area contributed by atoms with Gasteiger partial charge in [-0.15, -0.1) is 0 Å². The number of carboxylic acids is 1. The van der Waals surface area contributed by atoms with Crippen molar-refractivity contribution in [1.29, 1.82) is 0 Å². The van der Waals surface area contributed by atoms with Crippen molar-refractivity contribution in [3.05, 3.63) is 50.3 Å². The highest BCUT2D eigenvalue weighted by Crippen LogP contribution is 2.52. The van der Waals surface area contributed by atoms with Crippen molar-refractivity contribution in [3.8, 4) is 5.75 Å². The molecule has 158 valence electrons. The van der Waals surface area contributed by atoms with Crippen LogP contribution in [-0.2, 0) is 14.4 Å². The molecule has 1 aromatic rings. The average molecular weight is 450 g/mol. The number of rotatable bonds is 4. The molecular weight excluding hydrogens is 429 g/mol. The second-order valence-corrected chi connectivity index (χ2v) is 8.67. The first-order chi connectivity index (χ1) is 14.3. The number of ketones is 2. The molecule has 3 aliphatic rings. The summed E-state index contributed by atoms with van der Waals surface area (Å²) in [5, 5.41) is 20.3. The summed E-state index contributed by atoms with van der Waals surface area (Å²) in [5.41, 5.74) is 2.75. The van der Waals surface area contributed by atoms with Gasteiger partial charge < -0.3 is 15.1 Å². The van der Waals surface area contributed by atoms with Crippen molar-refractivity contribution < 1.29 is 24.6 Å². The largest absolute Gasteiger partial charge is 0.506 e. The van der Waals surface area contributed by atoms with E-state index in [0.29, 0.717) is 60.3 Å². The van der Waals surface area contributed by atoms with Gasteiger partial charge in [0.1, 0.15) is 5.75 Å². The molecule has 0 aromatic heterocycles. The molecule has 0 radical (unpaired) electrons. The van der Waals surface area contributed by atoms with Crippen LogP contribution in [0.1, 0.15) is 56.4 Å². The molecule has 0 fully saturated rings. The molecular formula is C22H21Cl2NO5. The summed E-state index contributed by atoms with van der Waals surface area (Å²) in [7, 11) is 0. The van der Waals surface area contributed by atoms with E-state index < -0.39 is 11.9 Å². The molecule has 0 spiro atoms. The van der Waals surface area contributed by atoms with Crippen molar-refractivity contribution in [2.45, 2.75) is 50.9 Å². The van der Waals surface area contributed by atoms with Crippen molar-refractivity contribution in [2.24, 2.45) is 0 Å². The first-order valence-corrected chi connectivity index (χ1v) is 10.7. The van der Waals surface area contributed by atoms with Crippen LogP contribution in [0.4, 0.5) is 0 Å². The van der Waals surface area contributed by atoms with Gasteiger partial charge in [-0.1, -0.05) is 23.2 Å². The molecule has 8 heteroatoms. The highest BCUT2D eigenvalue weighted by atomic mass is 35.5. The molecule has 0 saturated heterocycles. The minimum atomic E-state index is -0.940. The predicted octanol–water partition coefficient (Wildman–Crippen LogP) is 4.59. The van der Waals surface area contributed by atoms with Crippen LogP contribution in [-0.4, -0.2) is 39.2 Å². The van der Waals surface area contributed by atoms with Gasteiger partial charge in [0.25, 0.3) is 0 Å². The van der Waals surface area contributed by atoms with Crippen molar-refractivity contribution >= 4 is 40.7 Å². The fourth-order valence-electron chi connectivity index (χ4n) is 4.81. The number of carbonyl (C=O) groups is 3. The lowest BCUT2D eigenvalue weighted by atomic mass is 9.70. The summed E-state index contributed by atoms with van der Waals surface area (Å²) in [5.74, 6) is -2.07. The van der Waals surface area contributed by atoms with Gasteiger partial charge in [0, 0.05) is 58.4 Å². The third-order valence-corrected chi connectivity index (χ3v) is 6.51. The summed E-state index contributed by atoms with van der Waals surface area (Å²) in [6, 6.07) is 2.97. The molecule has 2 N–H and O–H groups in total. The van der Waals surface area contributed by atoms with Crippen LogP contribution in [0.15, 0.2) is 34.7 Å². The summed E-state index contributed by atoms with van der Waals surface area (Å²) in [6.07, 6.45) is 3.12. The molecule has 1 aromatic carbocycles. The molecule has 0 amide bonds. The zero-order valence-corrected chi connectivity index (χ0v) is 17.7. The summed E-state index contributed by atoms with van der Waals surface area (Å²) in [4.78, 5) is 39.3. The number of halogens is 2. The Labute approximate surface area is 183 Å². The molecule has 1 aliphatic heterocycles. The van der Waals surface area contributed by atoms with E-state index in [0.717, 1.165) is 11.4 Å². The zero-order chi connectivity index (χ0) is 21.6. The molecule has 0 saturated carbocycles. The normalized spacial score (nSPS) is 19.9. The number of carbonyl (C=O) groups excluding carboxylic acids is 2. The number of aliphatic carboxylic acids is 1. The fraction of sp³-hybridized carbons (Fsp3) is 0.409. The second kappa shape index (κ2) is 8.08. The Hall–Kier alpha value is -2.31. The van der Waals surface area contributed by atoms with Crippen LogP contribution >= 0.6 is 23.2 Å². The number of phenols is 1. The Kier molecular flexibility index (Phi) is 5.64. The van der Waals surface area contributed by atoms with Crippen LogP contribution in [0.3, 0.4) is 0 Å². The molecule has 1 heterocycles. The first kappa shape index (κ1) is 20.9. The van der Waals surface area contributed by atoms with Crippen LogP contribution < -0.4 is 0 Å². The topological polar surface area (TPSA) is 94.9 Å². The number of carboxylic acid groups (broad SMARTS) is 1. The Morgan fingerprint density at radius 1 is 1.00 bits per heavy atom. The molecule has 0 bridgehead atoms. The molecule has 30 heavy (non-hydrogen) atoms. The lowest BCUT2D eigenvalue weighted by Crippen LogP contribution is -2.40. The van der Waals surface area contributed by atoms with Gasteiger partial charge in [0.05, 0.1) is 11.4 Å². The minimum Gasteiger partial charge on any atom is -0.506 e. The SMILES string of the molecule is O=C(O)CCN1C2=C(C(=O)CCC2)C(c2cc(Cl)cc(Cl)c2O)C2=C1CCCC2=O. The van der Waals surface area contributed by atoms with E-state index in [1.165, 1.54) is 6.07 Å². The summed E-state index contributed by atoms with van der Waals surface area (Å²) >= 11 is 12.4. The average Bonchev–Trinajstić information content (AvgIpc) is 2.69. The number of hydrogen-bond donors (Lipinski definition) is 2. The van der Waals surface area contributed by atoms with Gasteiger partial charge in [-0.25, -0.2) is 0 Å². The van der Waals surface area contributed by atoms with E-state index in [1.54, 1.807) is 6.07 Å². The van der Waals surface area contributed by atoms with Gasteiger partial charge >= 0.3 is 5.97 Å². The number of nitrogens with zero attached hydrogens (tertiary/aromatic N) is 1. The van der Waals surface area contributed by atoms with Crippen LogP contribution in [0.25, 0.3) is 0 Å². The third kappa shape index (κ3) is 3.52. The van der Waals surface area contributed by atoms with E-state index in [1.807, 2.05) is 4.90 Å². The van der Waals surface area contributed by atoms with E-state index in [-0.39, 0.29) is 35.3 Å². The van der Waals surface area contributed by atoms with Gasteiger partial charge in [-0.05, 0) is 37.8 Å². The zero-order valence-electron chi connectivity index (χ0n) is 16.2. The van der Waals surface area contributed by atoms with E-state index in [4.69, 9.17) is 23.2 Å². The van der Waals surface area contributed by atoms with E-state index in [2.05, 4.69) is 0 Å². The van der Waals surface area contributed by atoms with E-state index in [9.17, 15) is 24.6 Å². The van der Waals surface area contributed by atoms with Crippen molar-refractivity contribution in [2.75, 3.05) is 6.54 Å². The van der Waals surface area contributed by atoms with Crippen molar-refractivity contribution in [1.82, 2.24) is 4.90 Å². The van der Waals surface area contributed by atoms with Gasteiger partial charge in [0.2, 0.25) is 0 Å². The first-order valence-electron chi connectivity index (χ1n) is 9.99. The van der Waals surface area contributed by atoms with Crippen LogP contribution in [0.2, 0.25) is 10.0 Å². The summed E-state index contributed by atoms with van der Waals surface area (Å²) < 4.78 is 0. The van der Waals surface area contributed by atoms with Gasteiger partial charge in [-0.3, -0.25) is 14.4 Å². The number of hydrogen-bond acceptors (Lipinski definition) is 5. The maximum absolute atomic E-state index is 13.1. The molecule has 0 unspecified atom stereocenters. The monoisotopic (exact) mass is 449 g/mol. The second-order valence-electron chi connectivity index (χ2n) is 7.83. The maximum Gasteiger partial charge on any atom is 0.305 e. The Morgan fingerprint density at radius 2 is 1.57 bits per heavy atom. The predicted molar refractivity (Wildman–Crippen MR) is 112 cm³/mol. The van der Waals surface area contributed by atoms with Crippen LogP contribution in [0, 0.1) is 0 Å². The van der Waals surface area contributed by atoms with Crippen LogP contribution in [0.5, 0.6) is 5.75 Å². The van der Waals surface area contributed by atoms with Crippen molar-refractivity contribution in [3.63, 3.8) is 0 Å². The Balaban J connectivity index is 1.97. The summed E-state index contributed by atoms with van der Waals surface area (Å²) in [6.45, 7) is 0.197. The minimum absolute atomic E-state index is 0.0571. The molecule has 6 nitrogen and oxygen atoms in total. The number of phenolic OH excluding ortho intramolecular Hbond substituents is 1. The highest BCUT2D eigenvalue weighted by molar-refractivity contribution is 6.35. The number of benzene rings is 1. The quantitative estimate of drug-likeness (QED) is 0.697. The number of Topliss-reactive ketones (excluding diaryl/α,β-unsaturated/α-hetero) is 2. The molecule has 2 aliphatic carbocycles. The standard InChI is InChI=1S/C22H21Cl2NO5/c23-11-9-12(22(30)13(24)10-11)19-20-14(3-1-5-16(20)26)25(8-7-18(28)29)15-4-2-6-17(27)21(15)19/h9-10,19,30H,1-8H2,(H,28,29). The van der Waals surface area contributed by atoms with Gasteiger partial charge in [0.15, 0.2) is 11.6 Å². The van der Waals surface area contributed by atoms with E-state index >= 15 is 0 Å².